The molecule has 0 radical (unpaired) electrons. The number of piperazine rings is 1. The molecule has 0 spiro atoms. The van der Waals surface area contributed by atoms with Gasteiger partial charge in [0.15, 0.2) is 11.6 Å². The third-order valence-corrected chi connectivity index (χ3v) is 6.20. The molecule has 2 aliphatic rings. The molecule has 2 aromatic heterocycles. The number of halogens is 2. The van der Waals surface area contributed by atoms with Crippen molar-refractivity contribution < 1.29 is 13.9 Å². The van der Waals surface area contributed by atoms with E-state index in [1.54, 1.807) is 20.0 Å². The van der Waals surface area contributed by atoms with Crippen molar-refractivity contribution in [2.45, 2.75) is 51.3 Å². The normalized spacial score (nSPS) is 17.4. The first-order valence-corrected chi connectivity index (χ1v) is 11.8. The van der Waals surface area contributed by atoms with Gasteiger partial charge in [-0.3, -0.25) is 9.88 Å². The number of anilines is 2. The lowest BCUT2D eigenvalue weighted by atomic mass is 10.0. The number of fused-ring (bicyclic) bond motifs is 1. The first-order valence-electron chi connectivity index (χ1n) is 11.8. The minimum Gasteiger partial charge on any atom is -0.390 e. The van der Waals surface area contributed by atoms with Crippen LogP contribution in [0.25, 0.3) is 11.0 Å². The molecule has 5 rings (SSSR count). The number of rotatable bonds is 7. The largest absolute Gasteiger partial charge is 0.390 e. The van der Waals surface area contributed by atoms with E-state index in [-0.39, 0.29) is 0 Å². The van der Waals surface area contributed by atoms with Gasteiger partial charge in [-0.25, -0.2) is 18.7 Å². The number of aliphatic hydroxyl groups is 1. The highest BCUT2D eigenvalue weighted by Gasteiger charge is 2.27. The van der Waals surface area contributed by atoms with Crippen LogP contribution in [0, 0.1) is 11.6 Å². The van der Waals surface area contributed by atoms with Gasteiger partial charge in [0.1, 0.15) is 17.2 Å². The van der Waals surface area contributed by atoms with Crippen molar-refractivity contribution in [3.63, 3.8) is 0 Å². The van der Waals surface area contributed by atoms with Crippen LogP contribution >= 0.6 is 0 Å². The first-order chi connectivity index (χ1) is 16.2. The zero-order valence-corrected chi connectivity index (χ0v) is 19.6. The molecule has 0 atom stereocenters. The molecule has 180 valence electrons. The summed E-state index contributed by atoms with van der Waals surface area (Å²) in [5, 5.41) is 13.7. The first kappa shape index (κ1) is 22.9. The van der Waals surface area contributed by atoms with E-state index >= 15 is 0 Å². The van der Waals surface area contributed by atoms with Gasteiger partial charge in [-0.15, -0.1) is 0 Å². The van der Waals surface area contributed by atoms with Crippen molar-refractivity contribution in [3.8, 4) is 0 Å². The van der Waals surface area contributed by atoms with E-state index < -0.39 is 17.2 Å². The lowest BCUT2D eigenvalue weighted by molar-refractivity contribution is 0.0800. The molecule has 7 nitrogen and oxygen atoms in total. The molecule has 2 fully saturated rings. The quantitative estimate of drug-likeness (QED) is 0.550. The minimum atomic E-state index is -0.856. The van der Waals surface area contributed by atoms with Gasteiger partial charge >= 0.3 is 0 Å². The van der Waals surface area contributed by atoms with E-state index in [9.17, 15) is 13.9 Å². The van der Waals surface area contributed by atoms with Gasteiger partial charge in [0.05, 0.1) is 17.3 Å². The lowest BCUT2D eigenvalue weighted by Crippen LogP contribution is -2.46. The zero-order valence-electron chi connectivity index (χ0n) is 19.6. The van der Waals surface area contributed by atoms with E-state index in [0.717, 1.165) is 73.5 Å². The lowest BCUT2D eigenvalue weighted by Gasteiger charge is -2.36. The molecule has 1 aliphatic heterocycles. The highest BCUT2D eigenvalue weighted by Crippen LogP contribution is 2.31. The fourth-order valence-electron chi connectivity index (χ4n) is 4.28. The van der Waals surface area contributed by atoms with Crippen molar-refractivity contribution in [1.82, 2.24) is 19.9 Å². The predicted molar refractivity (Wildman–Crippen MR) is 128 cm³/mol. The van der Waals surface area contributed by atoms with Gasteiger partial charge in [0.2, 0.25) is 0 Å². The number of aromatic nitrogens is 3. The Hall–Kier alpha value is -2.91. The fourth-order valence-corrected chi connectivity index (χ4v) is 4.28. The summed E-state index contributed by atoms with van der Waals surface area (Å²) in [6.45, 7) is 6.89. The molecule has 0 unspecified atom stereocenters. The van der Waals surface area contributed by atoms with Crippen LogP contribution in [-0.2, 0) is 13.0 Å². The summed E-state index contributed by atoms with van der Waals surface area (Å²) in [6.07, 6.45) is 4.40. The average Bonchev–Trinajstić information content (AvgIpc) is 3.59. The summed E-state index contributed by atoms with van der Waals surface area (Å²) in [6, 6.07) is 6.08. The summed E-state index contributed by atoms with van der Waals surface area (Å²) in [5.74, 6) is 0.518. The maximum absolute atomic E-state index is 14.1. The molecule has 3 heterocycles. The molecule has 1 aromatic carbocycles. The fraction of sp³-hybridized carbons (Fsp3) is 0.480. The monoisotopic (exact) mass is 468 g/mol. The second-order valence-corrected chi connectivity index (χ2v) is 9.97. The van der Waals surface area contributed by atoms with E-state index in [4.69, 9.17) is 9.97 Å². The second-order valence-electron chi connectivity index (χ2n) is 9.97. The number of nitrogens with zero attached hydrogens (tertiary/aromatic N) is 5. The molecule has 34 heavy (non-hydrogen) atoms. The average molecular weight is 469 g/mol. The van der Waals surface area contributed by atoms with Crippen molar-refractivity contribution in [3.05, 3.63) is 53.4 Å². The van der Waals surface area contributed by atoms with Crippen molar-refractivity contribution in [2.24, 2.45) is 0 Å². The molecule has 1 saturated heterocycles. The summed E-state index contributed by atoms with van der Waals surface area (Å²) in [5.41, 5.74) is 1.89. The van der Waals surface area contributed by atoms with Crippen molar-refractivity contribution >= 4 is 22.7 Å². The van der Waals surface area contributed by atoms with E-state index in [1.807, 2.05) is 6.07 Å². The van der Waals surface area contributed by atoms with E-state index in [0.29, 0.717) is 24.6 Å². The Labute approximate surface area is 197 Å². The van der Waals surface area contributed by atoms with Crippen molar-refractivity contribution in [2.75, 3.05) is 36.4 Å². The molecule has 2 N–H and O–H groups in total. The Kier molecular flexibility index (Phi) is 6.07. The van der Waals surface area contributed by atoms with Crippen LogP contribution in [-0.4, -0.2) is 62.8 Å². The third kappa shape index (κ3) is 5.42. The third-order valence-electron chi connectivity index (χ3n) is 6.20. The number of hydrogen-bond donors (Lipinski definition) is 2. The smallest absolute Gasteiger partial charge is 0.172 e. The topological polar surface area (TPSA) is 77.4 Å². The molecular weight excluding hydrogens is 438 g/mol. The van der Waals surface area contributed by atoms with Gasteiger partial charge in [0, 0.05) is 62.5 Å². The van der Waals surface area contributed by atoms with Crippen LogP contribution in [0.1, 0.15) is 37.9 Å². The number of benzene rings is 1. The Bertz CT molecular complexity index is 1190. The molecule has 0 bridgehead atoms. The predicted octanol–water partition coefficient (Wildman–Crippen LogP) is 3.51. The van der Waals surface area contributed by atoms with E-state index in [1.165, 1.54) is 12.1 Å². The molecule has 3 aromatic rings. The molecule has 9 heteroatoms. The minimum absolute atomic E-state index is 0.427. The van der Waals surface area contributed by atoms with Crippen LogP contribution < -0.4 is 10.2 Å². The number of hydrogen-bond acceptors (Lipinski definition) is 7. The summed E-state index contributed by atoms with van der Waals surface area (Å²) in [7, 11) is 0. The van der Waals surface area contributed by atoms with E-state index in [2.05, 4.69) is 20.1 Å². The van der Waals surface area contributed by atoms with Gasteiger partial charge < -0.3 is 15.3 Å². The van der Waals surface area contributed by atoms with Gasteiger partial charge in [-0.05, 0) is 38.8 Å². The molecular formula is C25H30F2N6O. The Balaban J connectivity index is 1.35. The summed E-state index contributed by atoms with van der Waals surface area (Å²) >= 11 is 0. The molecule has 1 aliphatic carbocycles. The van der Waals surface area contributed by atoms with Crippen LogP contribution in [0.15, 0.2) is 30.5 Å². The van der Waals surface area contributed by atoms with Crippen LogP contribution in [0.4, 0.5) is 20.4 Å². The highest BCUT2D eigenvalue weighted by atomic mass is 19.1. The molecule has 1 saturated carbocycles. The number of pyridine rings is 1. The number of nitrogens with one attached hydrogen (secondary N) is 1. The van der Waals surface area contributed by atoms with Gasteiger partial charge in [0.25, 0.3) is 0 Å². The SMILES string of the molecule is CC(C)(O)Cc1cc2nc(N3CCN(Cc4ccc(F)cc4F)CC3)c(NC3CC3)nc2cn1. The highest BCUT2D eigenvalue weighted by molar-refractivity contribution is 5.80. The summed E-state index contributed by atoms with van der Waals surface area (Å²) in [4.78, 5) is 18.6. The van der Waals surface area contributed by atoms with Crippen molar-refractivity contribution in [1.29, 1.82) is 0 Å². The van der Waals surface area contributed by atoms with Gasteiger partial charge in [-0.2, -0.15) is 0 Å². The Morgan fingerprint density at radius 2 is 1.82 bits per heavy atom. The summed E-state index contributed by atoms with van der Waals surface area (Å²) < 4.78 is 27.3. The maximum Gasteiger partial charge on any atom is 0.172 e. The van der Waals surface area contributed by atoms with Gasteiger partial charge in [-0.1, -0.05) is 6.07 Å². The molecule has 0 amide bonds. The second kappa shape index (κ2) is 9.03. The zero-order chi connectivity index (χ0) is 23.9. The van der Waals surface area contributed by atoms with Crippen LogP contribution in [0.2, 0.25) is 0 Å². The standard InChI is InChI=1S/C25H30F2N6O/c1-25(2,34)13-19-12-21-22(14-28-19)30-23(29-18-5-6-18)24(31-21)33-9-7-32(8-10-33)15-16-3-4-17(26)11-20(16)27/h3-4,11-12,14,18,34H,5-10,13,15H2,1-2H3,(H,29,30). The maximum atomic E-state index is 14.1. The Morgan fingerprint density at radius 1 is 1.06 bits per heavy atom. The Morgan fingerprint density at radius 3 is 2.50 bits per heavy atom. The van der Waals surface area contributed by atoms with Crippen LogP contribution in [0.5, 0.6) is 0 Å². The van der Waals surface area contributed by atoms with Crippen LogP contribution in [0.3, 0.4) is 0 Å².